The molecule has 0 unspecified atom stereocenters. The number of aromatic nitrogens is 2. The molecule has 1 N–H and O–H groups in total. The van der Waals surface area contributed by atoms with Crippen LogP contribution >= 0.6 is 11.5 Å². The zero-order valence-corrected chi connectivity index (χ0v) is 16.4. The van der Waals surface area contributed by atoms with Crippen LogP contribution in [0, 0.1) is 5.82 Å². The minimum atomic E-state index is -2.90. The molecule has 0 aliphatic rings. The Morgan fingerprint density at radius 3 is 2.52 bits per heavy atom. The molecule has 1 heterocycles. The van der Waals surface area contributed by atoms with Crippen LogP contribution < -0.4 is 5.32 Å². The molecule has 0 amide bonds. The number of unbranched alkanes of at least 4 members (excludes halogenated alkanes) is 1. The van der Waals surface area contributed by atoms with Crippen LogP contribution in [0.3, 0.4) is 0 Å². The van der Waals surface area contributed by atoms with Crippen LogP contribution in [0.1, 0.15) is 38.1 Å². The number of nitrogens with one attached hydrogen (secondary N) is 1. The molecule has 0 radical (unpaired) electrons. The second kappa shape index (κ2) is 8.23. The summed E-state index contributed by atoms with van der Waals surface area (Å²) in [5.41, 5.74) is 0.876. The van der Waals surface area contributed by atoms with E-state index >= 15 is 0 Å². The zero-order valence-electron chi connectivity index (χ0n) is 14.8. The SMILES string of the molecule is CC(C)(CNc1nc(CCCCS(C)(=O)=O)ns1)c1ccc(F)cc1. The number of benzene rings is 1. The van der Waals surface area contributed by atoms with Crippen molar-refractivity contribution in [2.24, 2.45) is 0 Å². The quantitative estimate of drug-likeness (QED) is 0.670. The Morgan fingerprint density at radius 1 is 1.20 bits per heavy atom. The van der Waals surface area contributed by atoms with Crippen molar-refractivity contribution in [1.82, 2.24) is 9.36 Å². The second-order valence-corrected chi connectivity index (χ2v) is 9.86. The molecule has 0 atom stereocenters. The van der Waals surface area contributed by atoms with Crippen LogP contribution in [0.15, 0.2) is 24.3 Å². The van der Waals surface area contributed by atoms with Crippen molar-refractivity contribution in [3.8, 4) is 0 Å². The van der Waals surface area contributed by atoms with Crippen molar-refractivity contribution in [2.45, 2.75) is 38.5 Å². The summed E-state index contributed by atoms with van der Waals surface area (Å²) in [7, 11) is -2.90. The molecule has 0 aliphatic carbocycles. The maximum absolute atomic E-state index is 13.1. The van der Waals surface area contributed by atoms with Gasteiger partial charge in [0.05, 0.1) is 0 Å². The molecule has 1 aromatic heterocycles. The monoisotopic (exact) mass is 385 g/mol. The summed E-state index contributed by atoms with van der Waals surface area (Å²) in [5, 5.41) is 4.03. The summed E-state index contributed by atoms with van der Waals surface area (Å²) in [6.45, 7) is 4.82. The van der Waals surface area contributed by atoms with Gasteiger partial charge in [-0.2, -0.15) is 4.37 Å². The van der Waals surface area contributed by atoms with Gasteiger partial charge in [0.15, 0.2) is 0 Å². The lowest BCUT2D eigenvalue weighted by Crippen LogP contribution is -2.27. The number of hydrogen-bond donors (Lipinski definition) is 1. The molecule has 138 valence electrons. The standard InChI is InChI=1S/C17H24FN3O2S2/c1-17(2,13-7-9-14(18)10-8-13)12-19-16-20-15(21-24-16)6-4-5-11-25(3,22)23/h7-10H,4-6,11-12H2,1-3H3,(H,19,20,21). The molecule has 0 aliphatic heterocycles. The summed E-state index contributed by atoms with van der Waals surface area (Å²) < 4.78 is 39.6. The Morgan fingerprint density at radius 2 is 1.88 bits per heavy atom. The van der Waals surface area contributed by atoms with E-state index in [1.165, 1.54) is 29.9 Å². The van der Waals surface area contributed by atoms with Crippen LogP contribution in [0.4, 0.5) is 9.52 Å². The first-order valence-electron chi connectivity index (χ1n) is 8.16. The van der Waals surface area contributed by atoms with Gasteiger partial charge in [-0.1, -0.05) is 26.0 Å². The molecule has 0 spiro atoms. The van der Waals surface area contributed by atoms with E-state index in [1.807, 2.05) is 0 Å². The normalized spacial score (nSPS) is 12.3. The fraction of sp³-hybridized carbons (Fsp3) is 0.529. The first kappa shape index (κ1) is 19.8. The van der Waals surface area contributed by atoms with Gasteiger partial charge in [-0.3, -0.25) is 0 Å². The lowest BCUT2D eigenvalue weighted by Gasteiger charge is -2.25. The van der Waals surface area contributed by atoms with Gasteiger partial charge in [0.25, 0.3) is 0 Å². The Hall–Kier alpha value is -1.54. The number of aryl methyl sites for hydroxylation is 1. The third-order valence-electron chi connectivity index (χ3n) is 3.94. The van der Waals surface area contributed by atoms with Crippen molar-refractivity contribution in [2.75, 3.05) is 23.9 Å². The van der Waals surface area contributed by atoms with Crippen molar-refractivity contribution < 1.29 is 12.8 Å². The summed E-state index contributed by atoms with van der Waals surface area (Å²) >= 11 is 1.30. The summed E-state index contributed by atoms with van der Waals surface area (Å²) in [6.07, 6.45) is 3.30. The molecule has 2 rings (SSSR count). The average Bonchev–Trinajstić information content (AvgIpc) is 2.97. The van der Waals surface area contributed by atoms with Gasteiger partial charge in [-0.05, 0) is 30.5 Å². The summed E-state index contributed by atoms with van der Waals surface area (Å²) in [4.78, 5) is 4.44. The number of sulfone groups is 1. The van der Waals surface area contributed by atoms with E-state index < -0.39 is 9.84 Å². The molecule has 2 aromatic rings. The zero-order chi connectivity index (χ0) is 18.5. The fourth-order valence-corrected chi connectivity index (χ4v) is 3.71. The lowest BCUT2D eigenvalue weighted by atomic mass is 9.85. The molecule has 0 fully saturated rings. The molecule has 0 saturated carbocycles. The summed E-state index contributed by atoms with van der Waals surface area (Å²) in [5.74, 6) is 0.700. The van der Waals surface area contributed by atoms with E-state index in [2.05, 4.69) is 28.5 Å². The molecular formula is C17H24FN3O2S2. The number of rotatable bonds is 9. The Balaban J connectivity index is 1.83. The molecule has 1 aromatic carbocycles. The number of anilines is 1. The van der Waals surface area contributed by atoms with Gasteiger partial charge in [-0.25, -0.2) is 17.8 Å². The molecular weight excluding hydrogens is 361 g/mol. The van der Waals surface area contributed by atoms with E-state index in [-0.39, 0.29) is 17.0 Å². The fourth-order valence-electron chi connectivity index (χ4n) is 2.37. The van der Waals surface area contributed by atoms with Gasteiger partial charge in [0, 0.05) is 41.9 Å². The van der Waals surface area contributed by atoms with E-state index in [0.29, 0.717) is 19.4 Å². The van der Waals surface area contributed by atoms with Gasteiger partial charge >= 0.3 is 0 Å². The van der Waals surface area contributed by atoms with Gasteiger partial charge in [0.2, 0.25) is 5.13 Å². The first-order chi connectivity index (χ1) is 11.7. The number of hydrogen-bond acceptors (Lipinski definition) is 6. The van der Waals surface area contributed by atoms with E-state index in [1.54, 1.807) is 12.1 Å². The molecule has 0 saturated heterocycles. The molecule has 25 heavy (non-hydrogen) atoms. The smallest absolute Gasteiger partial charge is 0.202 e. The van der Waals surface area contributed by atoms with Crippen molar-refractivity contribution >= 4 is 26.5 Å². The van der Waals surface area contributed by atoms with E-state index in [9.17, 15) is 12.8 Å². The third-order valence-corrected chi connectivity index (χ3v) is 5.68. The van der Waals surface area contributed by atoms with Crippen molar-refractivity contribution in [3.05, 3.63) is 41.5 Å². The highest BCUT2D eigenvalue weighted by Gasteiger charge is 2.21. The number of nitrogens with zero attached hydrogens (tertiary/aromatic N) is 2. The van der Waals surface area contributed by atoms with E-state index in [0.717, 1.165) is 22.9 Å². The topological polar surface area (TPSA) is 72.0 Å². The van der Waals surface area contributed by atoms with Crippen LogP contribution in [-0.4, -0.2) is 36.3 Å². The highest BCUT2D eigenvalue weighted by atomic mass is 32.2. The number of halogens is 1. The molecule has 8 heteroatoms. The van der Waals surface area contributed by atoms with Crippen LogP contribution in [-0.2, 0) is 21.7 Å². The predicted molar refractivity (Wildman–Crippen MR) is 100 cm³/mol. The van der Waals surface area contributed by atoms with Gasteiger partial charge < -0.3 is 5.32 Å². The Bertz CT molecular complexity index is 786. The average molecular weight is 386 g/mol. The van der Waals surface area contributed by atoms with Crippen LogP contribution in [0.5, 0.6) is 0 Å². The predicted octanol–water partition coefficient (Wildman–Crippen LogP) is 3.43. The highest BCUT2D eigenvalue weighted by Crippen LogP contribution is 2.24. The van der Waals surface area contributed by atoms with E-state index in [4.69, 9.17) is 0 Å². The first-order valence-corrected chi connectivity index (χ1v) is 11.0. The molecule has 0 bridgehead atoms. The maximum atomic E-state index is 13.1. The third kappa shape index (κ3) is 6.70. The minimum Gasteiger partial charge on any atom is -0.359 e. The Kier molecular flexibility index (Phi) is 6.51. The molecule has 5 nitrogen and oxygen atoms in total. The summed E-state index contributed by atoms with van der Waals surface area (Å²) in [6, 6.07) is 6.53. The van der Waals surface area contributed by atoms with Crippen molar-refractivity contribution in [1.29, 1.82) is 0 Å². The van der Waals surface area contributed by atoms with Gasteiger partial charge in [-0.15, -0.1) is 0 Å². The second-order valence-electron chi connectivity index (χ2n) is 6.85. The van der Waals surface area contributed by atoms with Gasteiger partial charge in [0.1, 0.15) is 21.5 Å². The minimum absolute atomic E-state index is 0.172. The largest absolute Gasteiger partial charge is 0.359 e. The maximum Gasteiger partial charge on any atom is 0.202 e. The van der Waals surface area contributed by atoms with Crippen LogP contribution in [0.25, 0.3) is 0 Å². The Labute approximate surface area is 152 Å². The van der Waals surface area contributed by atoms with Crippen LogP contribution in [0.2, 0.25) is 0 Å². The highest BCUT2D eigenvalue weighted by molar-refractivity contribution is 7.90. The van der Waals surface area contributed by atoms with Crippen molar-refractivity contribution in [3.63, 3.8) is 0 Å². The lowest BCUT2D eigenvalue weighted by molar-refractivity contribution is 0.553.